The van der Waals surface area contributed by atoms with E-state index in [2.05, 4.69) is 13.2 Å². The van der Waals surface area contributed by atoms with Gasteiger partial charge in [0.15, 0.2) is 5.41 Å². The predicted molar refractivity (Wildman–Crippen MR) is 59.6 cm³/mol. The van der Waals surface area contributed by atoms with Crippen LogP contribution in [-0.2, 0) is 0 Å². The number of rotatable bonds is 4. The minimum absolute atomic E-state index is 0.288. The zero-order valence-corrected chi connectivity index (χ0v) is 11.4. The lowest BCUT2D eigenvalue weighted by Crippen LogP contribution is -2.86. The van der Waals surface area contributed by atoms with Gasteiger partial charge in [-0.3, -0.25) is 0 Å². The fourth-order valence-electron chi connectivity index (χ4n) is 2.60. The monoisotopic (exact) mass is 376 g/mol. The third kappa shape index (κ3) is 1.70. The molecule has 0 aromatic rings. The molecule has 0 aromatic heterocycles. The molecule has 0 radical (unpaired) electrons. The number of aliphatic hydroxyl groups excluding tert-OH is 2. The van der Waals surface area contributed by atoms with Gasteiger partial charge in [-0.1, -0.05) is 12.2 Å². The Kier molecular flexibility index (Phi) is 4.41. The molecule has 0 aromatic carbocycles. The molecule has 0 aliphatic heterocycles. The first-order chi connectivity index (χ1) is 10.5. The number of hydrogen-bond donors (Lipinski definition) is 2. The van der Waals surface area contributed by atoms with Crippen LogP contribution in [-0.4, -0.2) is 52.0 Å². The van der Waals surface area contributed by atoms with E-state index < -0.39 is 47.2 Å². The van der Waals surface area contributed by atoms with Crippen molar-refractivity contribution in [3.8, 4) is 0 Å². The average Bonchev–Trinajstić information content (AvgIpc) is 2.44. The fraction of sp³-hybridized carbons (Fsp3) is 0.667. The smallest absolute Gasteiger partial charge is 0.384 e. The van der Waals surface area contributed by atoms with Crippen LogP contribution in [0.5, 0.6) is 0 Å². The molecule has 2 nitrogen and oxygen atoms in total. The van der Waals surface area contributed by atoms with Crippen LogP contribution in [0.4, 0.5) is 43.9 Å². The first-order valence-corrected chi connectivity index (χ1v) is 5.97. The van der Waals surface area contributed by atoms with Crippen LogP contribution < -0.4 is 0 Å². The summed E-state index contributed by atoms with van der Waals surface area (Å²) in [6, 6.07) is 0. The van der Waals surface area contributed by atoms with Gasteiger partial charge >= 0.3 is 29.6 Å². The van der Waals surface area contributed by atoms with Gasteiger partial charge in [-0.25, -0.2) is 0 Å². The first kappa shape index (κ1) is 20.7. The Morgan fingerprint density at radius 3 is 0.958 bits per heavy atom. The quantitative estimate of drug-likeness (QED) is 0.584. The number of aliphatic hydroxyl groups is 2. The minimum Gasteiger partial charge on any atom is -0.388 e. The lowest BCUT2D eigenvalue weighted by molar-refractivity contribution is -0.501. The van der Waals surface area contributed by atoms with Gasteiger partial charge in [-0.2, -0.15) is 43.9 Å². The molecule has 2 unspecified atom stereocenters. The third-order valence-corrected chi connectivity index (χ3v) is 4.00. The lowest BCUT2D eigenvalue weighted by Gasteiger charge is -2.58. The van der Waals surface area contributed by atoms with Crippen molar-refractivity contribution in [3.05, 3.63) is 25.3 Å². The molecular weight excluding hydrogens is 366 g/mol. The molecule has 1 saturated carbocycles. The van der Waals surface area contributed by atoms with E-state index >= 15 is 0 Å². The van der Waals surface area contributed by atoms with E-state index in [1.54, 1.807) is 0 Å². The Bertz CT molecular complexity index is 496. The van der Waals surface area contributed by atoms with Crippen molar-refractivity contribution < 1.29 is 54.1 Å². The lowest BCUT2D eigenvalue weighted by atomic mass is 9.57. The van der Waals surface area contributed by atoms with Crippen molar-refractivity contribution in [2.24, 2.45) is 5.41 Å². The van der Waals surface area contributed by atoms with Crippen molar-refractivity contribution >= 4 is 0 Å². The minimum atomic E-state index is -7.20. The van der Waals surface area contributed by atoms with Gasteiger partial charge in [0.05, 0.1) is 12.2 Å². The van der Waals surface area contributed by atoms with Gasteiger partial charge in [-0.05, 0) is 0 Å². The largest absolute Gasteiger partial charge is 0.388 e. The summed E-state index contributed by atoms with van der Waals surface area (Å²) >= 11 is 0. The zero-order valence-electron chi connectivity index (χ0n) is 11.4. The summed E-state index contributed by atoms with van der Waals surface area (Å²) in [6.45, 7) is 5.04. The average molecular weight is 376 g/mol. The van der Waals surface area contributed by atoms with Crippen LogP contribution in [0.15, 0.2) is 25.3 Å². The molecule has 0 saturated heterocycles. The van der Waals surface area contributed by atoms with E-state index in [1.807, 2.05) is 0 Å². The molecule has 12 heteroatoms. The highest BCUT2D eigenvalue weighted by Gasteiger charge is 3.01. The summed E-state index contributed by atoms with van der Waals surface area (Å²) in [5.41, 5.74) is -5.46. The third-order valence-electron chi connectivity index (χ3n) is 4.00. The van der Waals surface area contributed by atoms with Crippen LogP contribution in [0.2, 0.25) is 0 Å². The molecule has 1 aliphatic rings. The summed E-state index contributed by atoms with van der Waals surface area (Å²) in [7, 11) is 0. The second-order valence-corrected chi connectivity index (χ2v) is 5.10. The van der Waals surface area contributed by atoms with Crippen LogP contribution in [0.25, 0.3) is 0 Å². The highest BCUT2D eigenvalue weighted by Crippen LogP contribution is 2.73. The Hall–Kier alpha value is -1.30. The van der Waals surface area contributed by atoms with Gasteiger partial charge in [0.1, 0.15) is 0 Å². The molecule has 1 rings (SSSR count). The van der Waals surface area contributed by atoms with E-state index in [1.165, 1.54) is 0 Å². The van der Waals surface area contributed by atoms with Crippen molar-refractivity contribution in [1.82, 2.24) is 0 Å². The van der Waals surface area contributed by atoms with Gasteiger partial charge in [-0.15, -0.1) is 13.2 Å². The summed E-state index contributed by atoms with van der Waals surface area (Å²) < 4.78 is 136. The number of hydrogen-bond acceptors (Lipinski definition) is 2. The molecule has 0 amide bonds. The van der Waals surface area contributed by atoms with E-state index in [0.29, 0.717) is 0 Å². The van der Waals surface area contributed by atoms with Gasteiger partial charge in [0.25, 0.3) is 0 Å². The second kappa shape index (κ2) is 5.10. The predicted octanol–water partition coefficient (Wildman–Crippen LogP) is 3.26. The number of halogens is 10. The summed E-state index contributed by atoms with van der Waals surface area (Å²) in [4.78, 5) is 0. The van der Waals surface area contributed by atoms with Crippen molar-refractivity contribution in [2.45, 2.75) is 41.8 Å². The zero-order chi connectivity index (χ0) is 19.6. The molecule has 0 bridgehead atoms. The van der Waals surface area contributed by atoms with Crippen LogP contribution >= 0.6 is 0 Å². The highest BCUT2D eigenvalue weighted by molar-refractivity contribution is 5.31. The van der Waals surface area contributed by atoms with E-state index in [9.17, 15) is 54.1 Å². The van der Waals surface area contributed by atoms with E-state index in [-0.39, 0.29) is 12.2 Å². The number of alkyl halides is 10. The fourth-order valence-corrected chi connectivity index (χ4v) is 2.60. The maximum Gasteiger partial charge on any atom is 0.384 e. The second-order valence-electron chi connectivity index (χ2n) is 5.10. The van der Waals surface area contributed by atoms with Crippen molar-refractivity contribution in [3.63, 3.8) is 0 Å². The molecule has 2 atom stereocenters. The Morgan fingerprint density at radius 1 is 0.542 bits per heavy atom. The molecule has 0 spiro atoms. The Morgan fingerprint density at radius 2 is 0.750 bits per heavy atom. The van der Waals surface area contributed by atoms with Crippen LogP contribution in [0.1, 0.15) is 0 Å². The Labute approximate surface area is 128 Å². The Balaban J connectivity index is 4.12. The van der Waals surface area contributed by atoms with Gasteiger partial charge < -0.3 is 10.2 Å². The van der Waals surface area contributed by atoms with Crippen molar-refractivity contribution in [2.75, 3.05) is 0 Å². The summed E-state index contributed by atoms with van der Waals surface area (Å²) in [5.74, 6) is -34.7. The van der Waals surface area contributed by atoms with Crippen LogP contribution in [0, 0.1) is 5.41 Å². The first-order valence-electron chi connectivity index (χ1n) is 5.97. The normalized spacial score (nSPS) is 30.8. The summed E-state index contributed by atoms with van der Waals surface area (Å²) in [6.07, 6.45) is -7.85. The molecule has 24 heavy (non-hydrogen) atoms. The maximum atomic E-state index is 14.1. The standard InChI is InChI=1S/C12H10F10O2/c1-3-5(23)7(6(24)4-2)8(13,14)10(17,18)12(21,22)11(19,20)9(7,15)16/h3-6,23-24H,1-2H2. The molecule has 1 fully saturated rings. The topological polar surface area (TPSA) is 40.5 Å². The highest BCUT2D eigenvalue weighted by atomic mass is 19.4. The molecular formula is C12H10F10O2. The van der Waals surface area contributed by atoms with E-state index in [0.717, 1.165) is 0 Å². The maximum absolute atomic E-state index is 14.1. The van der Waals surface area contributed by atoms with Gasteiger partial charge in [0.2, 0.25) is 0 Å². The molecule has 140 valence electrons. The summed E-state index contributed by atoms with van der Waals surface area (Å²) in [5, 5.41) is 18.7. The SMILES string of the molecule is C=CC(O)C1(C(O)C=C)C(F)(F)C(F)(F)C(F)(F)C(F)(F)C1(F)F. The molecule has 2 N–H and O–H groups in total. The van der Waals surface area contributed by atoms with Crippen LogP contribution in [0.3, 0.4) is 0 Å². The molecule has 0 heterocycles. The molecule has 1 aliphatic carbocycles. The van der Waals surface area contributed by atoms with E-state index in [4.69, 9.17) is 0 Å². The van der Waals surface area contributed by atoms with Gasteiger partial charge in [0, 0.05) is 0 Å². The van der Waals surface area contributed by atoms with Crippen molar-refractivity contribution in [1.29, 1.82) is 0 Å².